The quantitative estimate of drug-likeness (QED) is 0.366. The number of unbranched alkanes of at least 4 members (excludes halogenated alkanes) is 2. The zero-order valence-corrected chi connectivity index (χ0v) is 17.2. The van der Waals surface area contributed by atoms with Crippen LogP contribution >= 0.6 is 23.2 Å². The van der Waals surface area contributed by atoms with Gasteiger partial charge in [0.15, 0.2) is 0 Å². The molecule has 0 fully saturated rings. The third kappa shape index (κ3) is 7.40. The Kier molecular flexibility index (Phi) is 10.2. The van der Waals surface area contributed by atoms with Gasteiger partial charge in [-0.15, -0.1) is 0 Å². The van der Waals surface area contributed by atoms with Crippen molar-refractivity contribution in [3.8, 4) is 6.07 Å². The number of esters is 2. The van der Waals surface area contributed by atoms with Crippen LogP contribution < -0.4 is 0 Å². The second kappa shape index (κ2) is 11.8. The summed E-state index contributed by atoms with van der Waals surface area (Å²) in [5.74, 6) is -1.09. The SMILES string of the molecule is CCCCOC(=O)CC(C#N)(CC(=O)OCCCC)c1ccc(Cl)c(Cl)c1. The van der Waals surface area contributed by atoms with Gasteiger partial charge in [-0.3, -0.25) is 9.59 Å². The predicted octanol–water partition coefficient (Wildman–Crippen LogP) is 5.22. The van der Waals surface area contributed by atoms with Crippen molar-refractivity contribution in [3.05, 3.63) is 33.8 Å². The van der Waals surface area contributed by atoms with E-state index in [4.69, 9.17) is 32.7 Å². The highest BCUT2D eigenvalue weighted by molar-refractivity contribution is 6.42. The summed E-state index contributed by atoms with van der Waals surface area (Å²) in [7, 11) is 0. The van der Waals surface area contributed by atoms with E-state index >= 15 is 0 Å². The van der Waals surface area contributed by atoms with E-state index in [-0.39, 0.29) is 31.1 Å². The molecule has 0 spiro atoms. The summed E-state index contributed by atoms with van der Waals surface area (Å²) in [4.78, 5) is 24.5. The smallest absolute Gasteiger partial charge is 0.307 e. The molecule has 1 aromatic carbocycles. The fraction of sp³-hybridized carbons (Fsp3) is 0.550. The van der Waals surface area contributed by atoms with E-state index in [1.54, 1.807) is 6.07 Å². The summed E-state index contributed by atoms with van der Waals surface area (Å²) < 4.78 is 10.4. The van der Waals surface area contributed by atoms with Crippen LogP contribution in [0.3, 0.4) is 0 Å². The summed E-state index contributed by atoms with van der Waals surface area (Å²) in [6, 6.07) is 6.75. The molecule has 148 valence electrons. The minimum absolute atomic E-state index is 0.243. The van der Waals surface area contributed by atoms with Crippen LogP contribution in [0, 0.1) is 11.3 Å². The zero-order chi connectivity index (χ0) is 20.3. The lowest BCUT2D eigenvalue weighted by Gasteiger charge is -2.26. The van der Waals surface area contributed by atoms with E-state index in [1.165, 1.54) is 12.1 Å². The van der Waals surface area contributed by atoms with E-state index in [9.17, 15) is 14.9 Å². The summed E-state index contributed by atoms with van der Waals surface area (Å²) in [5, 5.41) is 10.5. The second-order valence-corrected chi connectivity index (χ2v) is 7.14. The highest BCUT2D eigenvalue weighted by atomic mass is 35.5. The molecule has 27 heavy (non-hydrogen) atoms. The van der Waals surface area contributed by atoms with Crippen LogP contribution in [-0.2, 0) is 24.5 Å². The first-order chi connectivity index (χ1) is 12.9. The number of nitrogens with zero attached hydrogens (tertiary/aromatic N) is 1. The minimum atomic E-state index is -1.43. The number of benzene rings is 1. The molecule has 7 heteroatoms. The number of carbonyl (C=O) groups is 2. The van der Waals surface area contributed by atoms with Crippen LogP contribution in [0.1, 0.15) is 57.9 Å². The van der Waals surface area contributed by atoms with Gasteiger partial charge in [-0.2, -0.15) is 5.26 Å². The van der Waals surface area contributed by atoms with Gasteiger partial charge in [0.2, 0.25) is 0 Å². The van der Waals surface area contributed by atoms with Crippen LogP contribution in [0.25, 0.3) is 0 Å². The van der Waals surface area contributed by atoms with Crippen molar-refractivity contribution in [1.29, 1.82) is 5.26 Å². The van der Waals surface area contributed by atoms with Crippen molar-refractivity contribution in [2.24, 2.45) is 0 Å². The van der Waals surface area contributed by atoms with Crippen LogP contribution in [-0.4, -0.2) is 25.2 Å². The Labute approximate surface area is 170 Å². The molecule has 0 bridgehead atoms. The normalized spacial score (nSPS) is 10.9. The van der Waals surface area contributed by atoms with Gasteiger partial charge in [-0.1, -0.05) is 56.0 Å². The van der Waals surface area contributed by atoms with Gasteiger partial charge in [-0.05, 0) is 30.5 Å². The van der Waals surface area contributed by atoms with Gasteiger partial charge in [-0.25, -0.2) is 0 Å². The summed E-state index contributed by atoms with van der Waals surface area (Å²) >= 11 is 12.0. The van der Waals surface area contributed by atoms with Crippen molar-refractivity contribution in [1.82, 2.24) is 0 Å². The Bertz CT molecular complexity index is 661. The Morgan fingerprint density at radius 3 is 1.93 bits per heavy atom. The fourth-order valence-corrected chi connectivity index (χ4v) is 2.76. The van der Waals surface area contributed by atoms with Crippen molar-refractivity contribution in [2.75, 3.05) is 13.2 Å². The number of hydrogen-bond acceptors (Lipinski definition) is 5. The molecule has 0 aliphatic heterocycles. The molecule has 0 saturated carbocycles. The second-order valence-electron chi connectivity index (χ2n) is 6.32. The Morgan fingerprint density at radius 1 is 1.00 bits per heavy atom. The Balaban J connectivity index is 3.08. The number of halogens is 2. The fourth-order valence-electron chi connectivity index (χ4n) is 2.46. The van der Waals surface area contributed by atoms with E-state index in [2.05, 4.69) is 6.07 Å². The molecule has 0 heterocycles. The predicted molar refractivity (Wildman–Crippen MR) is 105 cm³/mol. The maximum Gasteiger partial charge on any atom is 0.307 e. The largest absolute Gasteiger partial charge is 0.466 e. The van der Waals surface area contributed by atoms with E-state index in [1.807, 2.05) is 13.8 Å². The van der Waals surface area contributed by atoms with Gasteiger partial charge < -0.3 is 9.47 Å². The first-order valence-corrected chi connectivity index (χ1v) is 9.82. The first-order valence-electron chi connectivity index (χ1n) is 9.06. The van der Waals surface area contributed by atoms with Crippen LogP contribution in [0.15, 0.2) is 18.2 Å². The minimum Gasteiger partial charge on any atom is -0.466 e. The van der Waals surface area contributed by atoms with Gasteiger partial charge in [0.1, 0.15) is 5.41 Å². The van der Waals surface area contributed by atoms with Crippen LogP contribution in [0.2, 0.25) is 10.0 Å². The molecule has 0 atom stereocenters. The van der Waals surface area contributed by atoms with Gasteiger partial charge in [0, 0.05) is 0 Å². The first kappa shape index (κ1) is 23.3. The van der Waals surface area contributed by atoms with Crippen molar-refractivity contribution in [2.45, 2.75) is 57.8 Å². The molecule has 0 aromatic heterocycles. The van der Waals surface area contributed by atoms with Gasteiger partial charge in [0.05, 0.1) is 42.2 Å². The number of carbonyl (C=O) groups excluding carboxylic acids is 2. The molecular weight excluding hydrogens is 389 g/mol. The highest BCUT2D eigenvalue weighted by Gasteiger charge is 2.39. The average Bonchev–Trinajstić information content (AvgIpc) is 2.63. The molecule has 0 aliphatic carbocycles. The number of ether oxygens (including phenoxy) is 2. The molecule has 1 aromatic rings. The van der Waals surface area contributed by atoms with Crippen molar-refractivity contribution in [3.63, 3.8) is 0 Å². The van der Waals surface area contributed by atoms with Crippen LogP contribution in [0.4, 0.5) is 0 Å². The van der Waals surface area contributed by atoms with E-state index in [0.29, 0.717) is 10.6 Å². The maximum atomic E-state index is 12.3. The summed E-state index contributed by atoms with van der Waals surface area (Å²) in [6.07, 6.45) is 2.69. The number of hydrogen-bond donors (Lipinski definition) is 0. The van der Waals surface area contributed by atoms with Gasteiger partial charge >= 0.3 is 11.9 Å². The molecule has 0 unspecified atom stereocenters. The third-order valence-corrected chi connectivity index (χ3v) is 4.84. The van der Waals surface area contributed by atoms with Crippen molar-refractivity contribution >= 4 is 35.1 Å². The van der Waals surface area contributed by atoms with Crippen molar-refractivity contribution < 1.29 is 19.1 Å². The molecule has 0 N–H and O–H groups in total. The Morgan fingerprint density at radius 2 is 1.52 bits per heavy atom. The maximum absolute atomic E-state index is 12.3. The highest BCUT2D eigenvalue weighted by Crippen LogP contribution is 2.36. The summed E-state index contributed by atoms with van der Waals surface area (Å²) in [5.41, 5.74) is -1.000. The molecular formula is C20H25Cl2NO4. The van der Waals surface area contributed by atoms with E-state index in [0.717, 1.165) is 25.7 Å². The molecule has 0 aliphatic rings. The van der Waals surface area contributed by atoms with Gasteiger partial charge in [0.25, 0.3) is 0 Å². The monoisotopic (exact) mass is 413 g/mol. The lowest BCUT2D eigenvalue weighted by atomic mass is 9.76. The average molecular weight is 414 g/mol. The molecule has 0 radical (unpaired) electrons. The molecule has 0 saturated heterocycles. The summed E-state index contributed by atoms with van der Waals surface area (Å²) in [6.45, 7) is 4.52. The zero-order valence-electron chi connectivity index (χ0n) is 15.7. The molecule has 0 amide bonds. The Hall–Kier alpha value is -1.77. The lowest BCUT2D eigenvalue weighted by Crippen LogP contribution is -2.32. The molecule has 1 rings (SSSR count). The van der Waals surface area contributed by atoms with E-state index < -0.39 is 17.4 Å². The number of rotatable bonds is 11. The standard InChI is InChI=1S/C20H25Cl2NO4/c1-3-5-9-26-18(24)12-20(14-23,13-19(25)27-10-6-4-2)15-7-8-16(21)17(22)11-15/h7-8,11H,3-6,9-10,12-13H2,1-2H3. The molecule has 5 nitrogen and oxygen atoms in total. The number of nitriles is 1. The lowest BCUT2D eigenvalue weighted by molar-refractivity contribution is -0.147. The third-order valence-electron chi connectivity index (χ3n) is 4.10. The topological polar surface area (TPSA) is 76.4 Å². The van der Waals surface area contributed by atoms with Crippen LogP contribution in [0.5, 0.6) is 0 Å².